The predicted molar refractivity (Wildman–Crippen MR) is 118 cm³/mol. The van der Waals surface area contributed by atoms with Gasteiger partial charge in [-0.05, 0) is 30.3 Å². The lowest BCUT2D eigenvalue weighted by Gasteiger charge is -2.06. The quantitative estimate of drug-likeness (QED) is 0.220. The summed E-state index contributed by atoms with van der Waals surface area (Å²) in [7, 11) is 1.35. The van der Waals surface area contributed by atoms with Crippen LogP contribution in [0.2, 0.25) is 5.02 Å². The molecule has 0 saturated carbocycles. The highest BCUT2D eigenvalue weighted by Crippen LogP contribution is 2.34. The molecule has 1 aromatic heterocycles. The number of nitro benzene ring substituents is 2. The van der Waals surface area contributed by atoms with Crippen molar-refractivity contribution in [2.24, 2.45) is 0 Å². The maximum Gasteiger partial charge on any atom is 0.289 e. The number of nitrogens with one attached hydrogen (secondary N) is 1. The molecule has 1 heterocycles. The summed E-state index contributed by atoms with van der Waals surface area (Å²) in [5.74, 6) is -0.171. The second-order valence-electron chi connectivity index (χ2n) is 6.39. The second-order valence-corrected chi connectivity index (χ2v) is 6.80. The van der Waals surface area contributed by atoms with E-state index in [4.69, 9.17) is 20.8 Å². The molecule has 0 saturated heterocycles. The number of amides is 1. The van der Waals surface area contributed by atoms with Crippen LogP contribution >= 0.6 is 11.6 Å². The normalized spacial score (nSPS) is 10.9. The fourth-order valence-corrected chi connectivity index (χ4v) is 2.98. The van der Waals surface area contributed by atoms with Crippen LogP contribution in [-0.4, -0.2) is 22.9 Å². The van der Waals surface area contributed by atoms with Crippen LogP contribution in [0, 0.1) is 31.6 Å². The summed E-state index contributed by atoms with van der Waals surface area (Å²) in [4.78, 5) is 33.2. The molecule has 166 valence electrons. The Balaban J connectivity index is 1.86. The monoisotopic (exact) mass is 468 g/mol. The molecule has 1 N–H and O–H groups in total. The average molecular weight is 469 g/mol. The van der Waals surface area contributed by atoms with Crippen molar-refractivity contribution in [1.82, 2.24) is 0 Å². The first kappa shape index (κ1) is 23.0. The number of hydrogen-bond donors (Lipinski definition) is 1. The molecule has 1 amide bonds. The van der Waals surface area contributed by atoms with Gasteiger partial charge in [0, 0.05) is 23.9 Å². The molecule has 0 aliphatic heterocycles. The molecule has 0 spiro atoms. The van der Waals surface area contributed by atoms with Gasteiger partial charge in [0.25, 0.3) is 17.3 Å². The lowest BCUT2D eigenvalue weighted by Crippen LogP contribution is -2.13. The molecule has 33 heavy (non-hydrogen) atoms. The van der Waals surface area contributed by atoms with Gasteiger partial charge >= 0.3 is 0 Å². The van der Waals surface area contributed by atoms with Crippen LogP contribution in [0.25, 0.3) is 17.4 Å². The van der Waals surface area contributed by atoms with E-state index in [1.54, 1.807) is 12.1 Å². The van der Waals surface area contributed by atoms with Crippen molar-refractivity contribution in [3.05, 3.63) is 85.1 Å². The third-order valence-corrected chi connectivity index (χ3v) is 4.66. The van der Waals surface area contributed by atoms with Crippen LogP contribution in [-0.2, 0) is 4.79 Å². The second kappa shape index (κ2) is 9.63. The maximum atomic E-state index is 12.5. The van der Waals surface area contributed by atoms with Gasteiger partial charge in [-0.3, -0.25) is 25.0 Å². The molecule has 3 aromatic rings. The summed E-state index contributed by atoms with van der Waals surface area (Å²) in [5.41, 5.74) is -0.380. The van der Waals surface area contributed by atoms with Gasteiger partial charge in [-0.25, -0.2) is 0 Å². The van der Waals surface area contributed by atoms with Crippen LogP contribution in [0.15, 0.2) is 58.5 Å². The Labute approximate surface area is 190 Å². The molecular formula is C21H13ClN4O7. The lowest BCUT2D eigenvalue weighted by molar-refractivity contribution is -0.385. The fraction of sp³-hybridized carbons (Fsp3) is 0.0476. The molecule has 0 fully saturated rings. The van der Waals surface area contributed by atoms with E-state index in [-0.39, 0.29) is 33.5 Å². The minimum absolute atomic E-state index is 0.0769. The van der Waals surface area contributed by atoms with Crippen LogP contribution < -0.4 is 10.1 Å². The fourth-order valence-electron chi connectivity index (χ4n) is 2.79. The summed E-state index contributed by atoms with van der Waals surface area (Å²) in [6.07, 6.45) is 1.18. The first-order valence-corrected chi connectivity index (χ1v) is 9.41. The van der Waals surface area contributed by atoms with E-state index in [2.05, 4.69) is 5.32 Å². The van der Waals surface area contributed by atoms with Crippen LogP contribution in [0.4, 0.5) is 17.1 Å². The van der Waals surface area contributed by atoms with E-state index in [0.29, 0.717) is 11.3 Å². The number of nitro groups is 2. The number of carbonyl (C=O) groups is 1. The Hall–Kier alpha value is -4.69. The van der Waals surface area contributed by atoms with E-state index in [0.717, 1.165) is 6.07 Å². The van der Waals surface area contributed by atoms with Gasteiger partial charge in [0.1, 0.15) is 33.9 Å². The summed E-state index contributed by atoms with van der Waals surface area (Å²) < 4.78 is 10.8. The number of nitriles is 1. The van der Waals surface area contributed by atoms with Crippen molar-refractivity contribution in [1.29, 1.82) is 5.26 Å². The molecule has 0 aliphatic rings. The largest absolute Gasteiger partial charge is 0.496 e. The van der Waals surface area contributed by atoms with Crippen molar-refractivity contribution >= 4 is 40.6 Å². The standard InChI is InChI=1S/C21H13ClN4O7/c1-32-20-10-14(25(28)29)3-5-16(20)19-7-4-15(33-19)8-12(11-23)21(27)24-13-2-6-17(22)18(9-13)26(30)31/h2-10H,1H3,(H,24,27)/b12-8+. The molecule has 0 atom stereocenters. The highest BCUT2D eigenvalue weighted by Gasteiger charge is 2.18. The van der Waals surface area contributed by atoms with E-state index >= 15 is 0 Å². The smallest absolute Gasteiger partial charge is 0.289 e. The first-order chi connectivity index (χ1) is 15.7. The Bertz CT molecular complexity index is 1340. The van der Waals surface area contributed by atoms with E-state index < -0.39 is 21.4 Å². The number of non-ortho nitro benzene ring substituents is 1. The zero-order valence-electron chi connectivity index (χ0n) is 16.8. The molecule has 0 bridgehead atoms. The average Bonchev–Trinajstić information content (AvgIpc) is 3.26. The Kier molecular flexibility index (Phi) is 6.71. The van der Waals surface area contributed by atoms with E-state index in [9.17, 15) is 30.3 Å². The number of halogens is 1. The zero-order chi connectivity index (χ0) is 24.1. The third-order valence-electron chi connectivity index (χ3n) is 4.34. The van der Waals surface area contributed by atoms with E-state index in [1.807, 2.05) is 0 Å². The van der Waals surface area contributed by atoms with Gasteiger partial charge in [0.2, 0.25) is 0 Å². The highest BCUT2D eigenvalue weighted by atomic mass is 35.5. The summed E-state index contributed by atoms with van der Waals surface area (Å²) >= 11 is 5.75. The number of benzene rings is 2. The highest BCUT2D eigenvalue weighted by molar-refractivity contribution is 6.32. The van der Waals surface area contributed by atoms with Gasteiger partial charge in [0.05, 0.1) is 28.6 Å². The third kappa shape index (κ3) is 5.15. The number of rotatable bonds is 7. The predicted octanol–water partition coefficient (Wildman–Crippen LogP) is 4.97. The van der Waals surface area contributed by atoms with E-state index in [1.165, 1.54) is 49.6 Å². The molecular weight excluding hydrogens is 456 g/mol. The molecule has 12 heteroatoms. The van der Waals surface area contributed by atoms with Gasteiger partial charge in [-0.2, -0.15) is 5.26 Å². The maximum absolute atomic E-state index is 12.5. The number of methoxy groups -OCH3 is 1. The molecule has 0 radical (unpaired) electrons. The number of furan rings is 1. The Morgan fingerprint density at radius 1 is 1.15 bits per heavy atom. The lowest BCUT2D eigenvalue weighted by atomic mass is 10.1. The van der Waals surface area contributed by atoms with Crippen molar-refractivity contribution in [2.45, 2.75) is 0 Å². The van der Waals surface area contributed by atoms with Gasteiger partial charge in [0.15, 0.2) is 0 Å². The van der Waals surface area contributed by atoms with Crippen LogP contribution in [0.1, 0.15) is 5.76 Å². The summed E-state index contributed by atoms with van der Waals surface area (Å²) in [6.45, 7) is 0. The molecule has 3 rings (SSSR count). The van der Waals surface area contributed by atoms with Gasteiger partial charge < -0.3 is 14.5 Å². The molecule has 11 nitrogen and oxygen atoms in total. The summed E-state index contributed by atoms with van der Waals surface area (Å²) in [6, 6.07) is 12.4. The SMILES string of the molecule is COc1cc([N+](=O)[O-])ccc1-c1ccc(/C=C(\C#N)C(=O)Nc2ccc(Cl)c([N+](=O)[O-])c2)o1. The van der Waals surface area contributed by atoms with Crippen LogP contribution in [0.5, 0.6) is 5.75 Å². The minimum Gasteiger partial charge on any atom is -0.496 e. The summed E-state index contributed by atoms with van der Waals surface area (Å²) in [5, 5.41) is 33.6. The number of carbonyl (C=O) groups excluding carboxylic acids is 1. The number of nitrogens with zero attached hydrogens (tertiary/aromatic N) is 3. The number of ether oxygens (including phenoxy) is 1. The molecule has 0 aliphatic carbocycles. The number of anilines is 1. The Morgan fingerprint density at radius 2 is 1.91 bits per heavy atom. The topological polar surface area (TPSA) is 162 Å². The van der Waals surface area contributed by atoms with Crippen molar-refractivity contribution < 1.29 is 23.8 Å². The van der Waals surface area contributed by atoms with Gasteiger partial charge in [-0.1, -0.05) is 11.6 Å². The van der Waals surface area contributed by atoms with Crippen molar-refractivity contribution in [2.75, 3.05) is 12.4 Å². The zero-order valence-corrected chi connectivity index (χ0v) is 17.5. The number of hydrogen-bond acceptors (Lipinski definition) is 8. The minimum atomic E-state index is -0.819. The molecule has 2 aromatic carbocycles. The Morgan fingerprint density at radius 3 is 2.55 bits per heavy atom. The van der Waals surface area contributed by atoms with Crippen molar-refractivity contribution in [3.63, 3.8) is 0 Å². The first-order valence-electron chi connectivity index (χ1n) is 9.03. The van der Waals surface area contributed by atoms with Crippen LogP contribution in [0.3, 0.4) is 0 Å². The van der Waals surface area contributed by atoms with Crippen molar-refractivity contribution in [3.8, 4) is 23.1 Å². The van der Waals surface area contributed by atoms with Gasteiger partial charge in [-0.15, -0.1) is 0 Å². The molecule has 0 unspecified atom stereocenters.